The summed E-state index contributed by atoms with van der Waals surface area (Å²) in [6, 6.07) is 3.85. The molecule has 246 valence electrons. The molecule has 1 rings (SSSR count). The van der Waals surface area contributed by atoms with E-state index in [-0.39, 0.29) is 12.2 Å². The van der Waals surface area contributed by atoms with E-state index >= 15 is 0 Å². The molecule has 0 aromatic heterocycles. The van der Waals surface area contributed by atoms with E-state index in [1.807, 2.05) is 0 Å². The molecule has 0 fully saturated rings. The molecule has 0 amide bonds. The van der Waals surface area contributed by atoms with Gasteiger partial charge in [0, 0.05) is 0 Å². The van der Waals surface area contributed by atoms with E-state index in [1.165, 1.54) is 127 Å². The van der Waals surface area contributed by atoms with Gasteiger partial charge in [-0.15, -0.1) is 0 Å². The second-order valence-corrected chi connectivity index (χ2v) is 12.7. The molecule has 0 aliphatic heterocycles. The van der Waals surface area contributed by atoms with E-state index in [1.54, 1.807) is 0 Å². The summed E-state index contributed by atoms with van der Waals surface area (Å²) in [5.74, 6) is -1.07. The van der Waals surface area contributed by atoms with Crippen LogP contribution >= 0.6 is 0 Å². The molecule has 6 nitrogen and oxygen atoms in total. The zero-order chi connectivity index (χ0) is 31.9. The lowest BCUT2D eigenvalue weighted by molar-refractivity contribution is 0.0487. The Morgan fingerprint density at radius 2 is 1.07 bits per heavy atom. The molecular weight excluding hydrogens is 540 g/mol. The van der Waals surface area contributed by atoms with Gasteiger partial charge in [0.15, 0.2) is 0 Å². The fourth-order valence-electron chi connectivity index (χ4n) is 6.66. The van der Waals surface area contributed by atoms with Crippen molar-refractivity contribution in [3.8, 4) is 0 Å². The van der Waals surface area contributed by atoms with Gasteiger partial charge in [0.1, 0.15) is 0 Å². The van der Waals surface area contributed by atoms with Crippen molar-refractivity contribution in [2.45, 2.75) is 156 Å². The summed E-state index contributed by atoms with van der Waals surface area (Å²) in [5, 5.41) is 18.7. The van der Waals surface area contributed by atoms with E-state index in [0.29, 0.717) is 6.42 Å². The third-order valence-electron chi connectivity index (χ3n) is 8.88. The van der Waals surface area contributed by atoms with Crippen LogP contribution in [0.25, 0.3) is 0 Å². The summed E-state index contributed by atoms with van der Waals surface area (Å²) in [5.41, 5.74) is -1.15. The Balaban J connectivity index is 2.58. The number of carbonyl (C=O) groups is 3. The van der Waals surface area contributed by atoms with Gasteiger partial charge in [-0.25, -0.2) is 14.4 Å². The van der Waals surface area contributed by atoms with Gasteiger partial charge in [-0.05, 0) is 49.1 Å². The van der Waals surface area contributed by atoms with Crippen LogP contribution in [-0.2, 0) is 4.74 Å². The minimum Gasteiger partial charge on any atom is -0.478 e. The van der Waals surface area contributed by atoms with Gasteiger partial charge in [-0.2, -0.15) is 0 Å². The van der Waals surface area contributed by atoms with Gasteiger partial charge in [-0.1, -0.05) is 143 Å². The van der Waals surface area contributed by atoms with Crippen LogP contribution < -0.4 is 0 Å². The number of benzene rings is 1. The molecule has 0 heterocycles. The average Bonchev–Trinajstić information content (AvgIpc) is 2.98. The normalized spacial score (nSPS) is 13.4. The van der Waals surface area contributed by atoms with Gasteiger partial charge in [0.25, 0.3) is 0 Å². The number of hydrogen-bond donors (Lipinski definition) is 2. The zero-order valence-corrected chi connectivity index (χ0v) is 27.8. The van der Waals surface area contributed by atoms with Crippen LogP contribution in [-0.4, -0.2) is 34.7 Å². The van der Waals surface area contributed by atoms with Crippen LogP contribution in [0.1, 0.15) is 187 Å². The Bertz CT molecular complexity index is 888. The molecule has 0 aliphatic rings. The number of hydrogen-bond acceptors (Lipinski definition) is 4. The molecule has 1 aromatic rings. The summed E-state index contributed by atoms with van der Waals surface area (Å²) >= 11 is 0. The quantitative estimate of drug-likeness (QED) is 0.0767. The van der Waals surface area contributed by atoms with E-state index in [9.17, 15) is 24.6 Å². The minimum absolute atomic E-state index is 0.199. The van der Waals surface area contributed by atoms with Crippen molar-refractivity contribution >= 4 is 17.9 Å². The summed E-state index contributed by atoms with van der Waals surface area (Å²) in [7, 11) is 0. The van der Waals surface area contributed by atoms with Crippen molar-refractivity contribution in [3.05, 3.63) is 34.9 Å². The number of esters is 1. The van der Waals surface area contributed by atoms with Crippen LogP contribution in [0.5, 0.6) is 0 Å². The Morgan fingerprint density at radius 1 is 0.581 bits per heavy atom. The zero-order valence-electron chi connectivity index (χ0n) is 27.8. The molecule has 43 heavy (non-hydrogen) atoms. The SMILES string of the molecule is CCCCCC(CCC)CC(CCCCCCCOC(=O)c1cccc(C(=O)O)c1C(=O)O)CC(CCC)CCCCC. The highest BCUT2D eigenvalue weighted by Gasteiger charge is 2.24. The third-order valence-corrected chi connectivity index (χ3v) is 8.88. The lowest BCUT2D eigenvalue weighted by Gasteiger charge is -2.28. The molecule has 0 bridgehead atoms. The molecule has 0 radical (unpaired) electrons. The molecule has 2 unspecified atom stereocenters. The number of ether oxygens (including phenoxy) is 1. The third kappa shape index (κ3) is 16.3. The van der Waals surface area contributed by atoms with Gasteiger partial charge in [0.05, 0.1) is 23.3 Å². The highest BCUT2D eigenvalue weighted by atomic mass is 16.5. The largest absolute Gasteiger partial charge is 0.478 e. The Labute approximate surface area is 262 Å². The van der Waals surface area contributed by atoms with Crippen LogP contribution in [0, 0.1) is 17.8 Å². The van der Waals surface area contributed by atoms with E-state index in [0.717, 1.165) is 30.6 Å². The van der Waals surface area contributed by atoms with Gasteiger partial charge in [-0.3, -0.25) is 0 Å². The molecule has 6 heteroatoms. The molecule has 0 aliphatic carbocycles. The average molecular weight is 603 g/mol. The van der Waals surface area contributed by atoms with Gasteiger partial charge >= 0.3 is 17.9 Å². The number of aromatic carboxylic acids is 2. The Morgan fingerprint density at radius 3 is 1.58 bits per heavy atom. The molecular formula is C37H62O6. The maximum absolute atomic E-state index is 12.5. The van der Waals surface area contributed by atoms with Crippen LogP contribution in [0.15, 0.2) is 18.2 Å². The molecule has 0 saturated carbocycles. The fourth-order valence-corrected chi connectivity index (χ4v) is 6.66. The number of carboxylic acid groups (broad SMARTS) is 2. The van der Waals surface area contributed by atoms with Crippen molar-refractivity contribution in [3.63, 3.8) is 0 Å². The second kappa shape index (κ2) is 24.0. The first-order valence-electron chi connectivity index (χ1n) is 17.5. The number of rotatable bonds is 27. The summed E-state index contributed by atoms with van der Waals surface area (Å²) in [4.78, 5) is 35.5. The number of unbranched alkanes of at least 4 members (excludes halogenated alkanes) is 8. The van der Waals surface area contributed by atoms with Gasteiger partial charge < -0.3 is 14.9 Å². The topological polar surface area (TPSA) is 101 Å². The second-order valence-electron chi connectivity index (χ2n) is 12.7. The molecule has 1 aromatic carbocycles. The molecule has 2 N–H and O–H groups in total. The fraction of sp³-hybridized carbons (Fsp3) is 0.757. The lowest BCUT2D eigenvalue weighted by atomic mass is 9.78. The number of carboxylic acids is 2. The van der Waals surface area contributed by atoms with Crippen molar-refractivity contribution in [1.29, 1.82) is 0 Å². The number of carbonyl (C=O) groups excluding carboxylic acids is 1. The van der Waals surface area contributed by atoms with Crippen LogP contribution in [0.4, 0.5) is 0 Å². The first kappa shape index (κ1) is 38.7. The van der Waals surface area contributed by atoms with Crippen molar-refractivity contribution < 1.29 is 29.3 Å². The van der Waals surface area contributed by atoms with Crippen molar-refractivity contribution in [1.82, 2.24) is 0 Å². The summed E-state index contributed by atoms with van der Waals surface area (Å²) in [6.45, 7) is 9.46. The predicted octanol–water partition coefficient (Wildman–Crippen LogP) is 11.0. The minimum atomic E-state index is -1.45. The predicted molar refractivity (Wildman–Crippen MR) is 176 cm³/mol. The summed E-state index contributed by atoms with van der Waals surface area (Å²) in [6.07, 6.45) is 25.4. The van der Waals surface area contributed by atoms with Crippen LogP contribution in [0.2, 0.25) is 0 Å². The van der Waals surface area contributed by atoms with Gasteiger partial charge in [0.2, 0.25) is 0 Å². The van der Waals surface area contributed by atoms with Crippen molar-refractivity contribution in [2.75, 3.05) is 6.61 Å². The maximum Gasteiger partial charge on any atom is 0.339 e. The summed E-state index contributed by atoms with van der Waals surface area (Å²) < 4.78 is 5.32. The highest BCUT2D eigenvalue weighted by molar-refractivity contribution is 6.09. The standard InChI is InChI=1S/C37H62O6/c1-5-9-14-21-29(19-7-3)27-31(28-30(20-8-4)22-15-10-6-2)23-16-12-11-13-17-26-43-37(42)33-25-18-24-32(35(38)39)34(33)36(40)41/h18,24-25,29-31H,5-17,19-23,26-28H2,1-4H3,(H,38,39)(H,40,41). The van der Waals surface area contributed by atoms with E-state index in [4.69, 9.17) is 4.74 Å². The Kier molecular flexibility index (Phi) is 21.6. The van der Waals surface area contributed by atoms with E-state index < -0.39 is 29.0 Å². The highest BCUT2D eigenvalue weighted by Crippen LogP contribution is 2.33. The Hall–Kier alpha value is -2.37. The smallest absolute Gasteiger partial charge is 0.339 e. The monoisotopic (exact) mass is 602 g/mol. The first-order valence-corrected chi connectivity index (χ1v) is 17.5. The molecule has 0 spiro atoms. The molecule has 0 saturated heterocycles. The lowest BCUT2D eigenvalue weighted by Crippen LogP contribution is -2.16. The first-order chi connectivity index (χ1) is 20.8. The maximum atomic E-state index is 12.5. The molecule has 2 atom stereocenters. The van der Waals surface area contributed by atoms with E-state index in [2.05, 4.69) is 27.7 Å². The van der Waals surface area contributed by atoms with Crippen molar-refractivity contribution in [2.24, 2.45) is 17.8 Å². The van der Waals surface area contributed by atoms with Crippen LogP contribution in [0.3, 0.4) is 0 Å².